The second-order valence-electron chi connectivity index (χ2n) is 10.3. The van der Waals surface area contributed by atoms with Crippen molar-refractivity contribution in [3.05, 3.63) is 119 Å². The lowest BCUT2D eigenvalue weighted by Gasteiger charge is -2.27. The number of anilines is 3. The molecule has 0 saturated carbocycles. The fraction of sp³-hybridized carbons (Fsp3) is 0.121. The Labute approximate surface area is 221 Å². The van der Waals surface area contributed by atoms with Gasteiger partial charge in [-0.25, -0.2) is 4.98 Å². The van der Waals surface area contributed by atoms with Gasteiger partial charge in [0.15, 0.2) is 0 Å². The van der Waals surface area contributed by atoms with Gasteiger partial charge in [0.1, 0.15) is 5.82 Å². The average Bonchev–Trinajstić information content (AvgIpc) is 3.00. The van der Waals surface area contributed by atoms with E-state index in [4.69, 9.17) is 4.98 Å². The number of hydrogen-bond acceptors (Lipinski definition) is 2. The number of fused-ring (bicyclic) bond motifs is 5. The minimum Gasteiger partial charge on any atom is -0.294 e. The van der Waals surface area contributed by atoms with Crippen LogP contribution in [-0.2, 0) is 5.41 Å². The molecule has 176 valence electrons. The Morgan fingerprint density at radius 3 is 1.86 bits per heavy atom. The number of halogens is 1. The second kappa shape index (κ2) is 8.76. The molecule has 2 heterocycles. The first-order chi connectivity index (χ1) is 17.4. The van der Waals surface area contributed by atoms with Crippen molar-refractivity contribution in [1.82, 2.24) is 4.98 Å². The molecule has 1 aliphatic heterocycles. The van der Waals surface area contributed by atoms with Gasteiger partial charge in [0.05, 0.1) is 11.4 Å². The summed E-state index contributed by atoms with van der Waals surface area (Å²) in [7, 11) is 0. The molecule has 36 heavy (non-hydrogen) atoms. The Kier molecular flexibility index (Phi) is 5.54. The van der Waals surface area contributed by atoms with Crippen molar-refractivity contribution >= 4 is 33.1 Å². The van der Waals surface area contributed by atoms with Crippen molar-refractivity contribution in [3.8, 4) is 33.4 Å². The lowest BCUT2D eigenvalue weighted by atomic mass is 9.86. The third-order valence-electron chi connectivity index (χ3n) is 6.91. The summed E-state index contributed by atoms with van der Waals surface area (Å²) in [6, 6.07) is 37.1. The van der Waals surface area contributed by atoms with Gasteiger partial charge in [-0.1, -0.05) is 109 Å². The SMILES string of the molecule is CC(C)(C)c1ccc(-c2ccc3c(c2)N(c2ccccn2)c2cc(Br)ccc2-c2ccccc2-3)cc1. The van der Waals surface area contributed by atoms with Crippen LogP contribution in [0.4, 0.5) is 17.2 Å². The summed E-state index contributed by atoms with van der Waals surface area (Å²) in [5, 5.41) is 0. The fourth-order valence-electron chi connectivity index (χ4n) is 5.02. The van der Waals surface area contributed by atoms with E-state index in [0.29, 0.717) is 0 Å². The molecule has 1 aromatic heterocycles. The number of benzene rings is 4. The molecule has 0 unspecified atom stereocenters. The molecule has 0 bridgehead atoms. The van der Waals surface area contributed by atoms with E-state index in [1.54, 1.807) is 0 Å². The molecule has 5 aromatic rings. The predicted molar refractivity (Wildman–Crippen MR) is 155 cm³/mol. The number of hydrogen-bond donors (Lipinski definition) is 0. The highest BCUT2D eigenvalue weighted by molar-refractivity contribution is 9.10. The van der Waals surface area contributed by atoms with Crippen molar-refractivity contribution in [2.75, 3.05) is 4.90 Å². The van der Waals surface area contributed by atoms with Gasteiger partial charge in [0.2, 0.25) is 0 Å². The van der Waals surface area contributed by atoms with Crippen molar-refractivity contribution in [2.24, 2.45) is 0 Å². The molecular formula is C33H27BrN2. The Morgan fingerprint density at radius 1 is 0.611 bits per heavy atom. The van der Waals surface area contributed by atoms with E-state index >= 15 is 0 Å². The van der Waals surface area contributed by atoms with E-state index < -0.39 is 0 Å². The van der Waals surface area contributed by atoms with Gasteiger partial charge < -0.3 is 0 Å². The van der Waals surface area contributed by atoms with Gasteiger partial charge in [-0.05, 0) is 63.6 Å². The second-order valence-corrected chi connectivity index (χ2v) is 11.2. The van der Waals surface area contributed by atoms with Crippen molar-refractivity contribution in [2.45, 2.75) is 26.2 Å². The Bertz CT molecular complexity index is 1560. The normalized spacial score (nSPS) is 12.4. The molecule has 0 saturated heterocycles. The maximum atomic E-state index is 4.79. The Hall–Kier alpha value is -3.69. The third kappa shape index (κ3) is 3.94. The molecule has 3 heteroatoms. The molecule has 0 N–H and O–H groups in total. The van der Waals surface area contributed by atoms with Crippen LogP contribution in [0.5, 0.6) is 0 Å². The molecule has 4 aromatic carbocycles. The lowest BCUT2D eigenvalue weighted by molar-refractivity contribution is 0.590. The van der Waals surface area contributed by atoms with E-state index in [0.717, 1.165) is 21.7 Å². The molecule has 0 radical (unpaired) electrons. The van der Waals surface area contributed by atoms with Crippen LogP contribution in [0.2, 0.25) is 0 Å². The summed E-state index contributed by atoms with van der Waals surface area (Å²) in [6.45, 7) is 6.76. The minimum atomic E-state index is 0.128. The summed E-state index contributed by atoms with van der Waals surface area (Å²) < 4.78 is 1.04. The molecule has 0 spiro atoms. The lowest BCUT2D eigenvalue weighted by Crippen LogP contribution is -2.12. The highest BCUT2D eigenvalue weighted by Gasteiger charge is 2.27. The van der Waals surface area contributed by atoms with Crippen molar-refractivity contribution in [3.63, 3.8) is 0 Å². The first-order valence-electron chi connectivity index (χ1n) is 12.3. The zero-order valence-electron chi connectivity index (χ0n) is 20.7. The monoisotopic (exact) mass is 530 g/mol. The standard InChI is InChI=1S/C33H27BrN2/c1-33(2,3)24-14-11-22(12-15-24)23-13-17-28-26-8-4-5-9-27(26)29-18-16-25(34)21-31(29)36(30(28)20-23)32-10-6-7-19-35-32/h4-21H,1-3H3. The molecule has 0 fully saturated rings. The fourth-order valence-corrected chi connectivity index (χ4v) is 5.37. The molecular weight excluding hydrogens is 504 g/mol. The van der Waals surface area contributed by atoms with E-state index in [9.17, 15) is 0 Å². The van der Waals surface area contributed by atoms with Crippen LogP contribution in [-0.4, -0.2) is 4.98 Å². The van der Waals surface area contributed by atoms with Crippen LogP contribution < -0.4 is 4.90 Å². The highest BCUT2D eigenvalue weighted by Crippen LogP contribution is 2.51. The zero-order chi connectivity index (χ0) is 24.9. The smallest absolute Gasteiger partial charge is 0.137 e. The molecule has 0 aliphatic carbocycles. The highest BCUT2D eigenvalue weighted by atomic mass is 79.9. The zero-order valence-corrected chi connectivity index (χ0v) is 22.3. The molecule has 0 amide bonds. The van der Waals surface area contributed by atoms with Crippen molar-refractivity contribution < 1.29 is 0 Å². The third-order valence-corrected chi connectivity index (χ3v) is 7.40. The number of aromatic nitrogens is 1. The van der Waals surface area contributed by atoms with Gasteiger partial charge >= 0.3 is 0 Å². The largest absolute Gasteiger partial charge is 0.294 e. The maximum Gasteiger partial charge on any atom is 0.137 e. The Balaban J connectivity index is 1.62. The number of pyridine rings is 1. The summed E-state index contributed by atoms with van der Waals surface area (Å²) in [6.07, 6.45) is 1.86. The average molecular weight is 531 g/mol. The first-order valence-corrected chi connectivity index (χ1v) is 13.0. The van der Waals surface area contributed by atoms with Gasteiger partial charge in [0, 0.05) is 21.8 Å². The predicted octanol–water partition coefficient (Wildman–Crippen LogP) is 9.93. The quantitative estimate of drug-likeness (QED) is 0.221. The van der Waals surface area contributed by atoms with Crippen LogP contribution in [0, 0.1) is 0 Å². The minimum absolute atomic E-state index is 0.128. The van der Waals surface area contributed by atoms with Gasteiger partial charge in [-0.2, -0.15) is 0 Å². The van der Waals surface area contributed by atoms with E-state index in [1.165, 1.54) is 38.9 Å². The maximum absolute atomic E-state index is 4.79. The summed E-state index contributed by atoms with van der Waals surface area (Å²) >= 11 is 3.72. The Morgan fingerprint density at radius 2 is 1.22 bits per heavy atom. The van der Waals surface area contributed by atoms with Gasteiger partial charge in [-0.15, -0.1) is 0 Å². The van der Waals surface area contributed by atoms with Crippen LogP contribution in [0.25, 0.3) is 33.4 Å². The molecule has 6 rings (SSSR count). The van der Waals surface area contributed by atoms with Crippen LogP contribution in [0.3, 0.4) is 0 Å². The molecule has 0 atom stereocenters. The molecule has 2 nitrogen and oxygen atoms in total. The first kappa shape index (κ1) is 22.8. The summed E-state index contributed by atoms with van der Waals surface area (Å²) in [5.41, 5.74) is 10.9. The van der Waals surface area contributed by atoms with Crippen LogP contribution >= 0.6 is 15.9 Å². The topological polar surface area (TPSA) is 16.1 Å². The van der Waals surface area contributed by atoms with E-state index in [-0.39, 0.29) is 5.41 Å². The summed E-state index contributed by atoms with van der Waals surface area (Å²) in [4.78, 5) is 7.08. The van der Waals surface area contributed by atoms with Crippen LogP contribution in [0.15, 0.2) is 114 Å². The number of rotatable bonds is 2. The van der Waals surface area contributed by atoms with Gasteiger partial charge in [-0.3, -0.25) is 4.90 Å². The van der Waals surface area contributed by atoms with E-state index in [2.05, 4.69) is 133 Å². The van der Waals surface area contributed by atoms with Crippen molar-refractivity contribution in [1.29, 1.82) is 0 Å². The van der Waals surface area contributed by atoms with Crippen LogP contribution in [0.1, 0.15) is 26.3 Å². The van der Waals surface area contributed by atoms with Gasteiger partial charge in [0.25, 0.3) is 0 Å². The van der Waals surface area contributed by atoms with E-state index in [1.807, 2.05) is 18.3 Å². The number of nitrogens with zero attached hydrogens (tertiary/aromatic N) is 2. The molecule has 1 aliphatic rings. The summed E-state index contributed by atoms with van der Waals surface area (Å²) in [5.74, 6) is 0.895.